The van der Waals surface area contributed by atoms with Crippen molar-refractivity contribution in [3.8, 4) is 22.8 Å². The molecule has 1 aromatic heterocycles. The first-order valence-corrected chi connectivity index (χ1v) is 12.1. The summed E-state index contributed by atoms with van der Waals surface area (Å²) >= 11 is 0. The average Bonchev–Trinajstić information content (AvgIpc) is 3.30. The summed E-state index contributed by atoms with van der Waals surface area (Å²) in [5.41, 5.74) is 5.17. The van der Waals surface area contributed by atoms with E-state index in [4.69, 9.17) is 19.3 Å². The number of carbonyl (C=O) groups is 1. The summed E-state index contributed by atoms with van der Waals surface area (Å²) in [6.07, 6.45) is 1.68. The molecule has 37 heavy (non-hydrogen) atoms. The molecule has 4 rings (SSSR count). The molecule has 2 N–H and O–H groups in total. The van der Waals surface area contributed by atoms with Gasteiger partial charge in [0.1, 0.15) is 24.6 Å². The van der Waals surface area contributed by atoms with Crippen molar-refractivity contribution in [2.75, 3.05) is 19.8 Å². The van der Waals surface area contributed by atoms with Crippen LogP contribution in [0.2, 0.25) is 0 Å². The topological polar surface area (TPSA) is 121 Å². The number of carboxylic acids is 1. The molecule has 1 heterocycles. The second kappa shape index (κ2) is 13.9. The number of carboxylic acid groups (broad SMARTS) is 1. The molecule has 9 heteroatoms. The Morgan fingerprint density at radius 1 is 1.16 bits per heavy atom. The molecule has 1 aliphatic carbocycles. The number of aliphatic hydroxyl groups is 2. The van der Waals surface area contributed by atoms with Gasteiger partial charge in [-0.3, -0.25) is 0 Å². The molecule has 0 unspecified atom stereocenters. The smallest absolute Gasteiger partial charge is 0.550 e. The minimum atomic E-state index is -1.15. The summed E-state index contributed by atoms with van der Waals surface area (Å²) in [5.74, 6) is -0.0568. The summed E-state index contributed by atoms with van der Waals surface area (Å²) in [6.45, 7) is 1.86. The molecular weight excluding hydrogens is 485 g/mol. The minimum absolute atomic E-state index is 0. The molecule has 3 aromatic rings. The first kappa shape index (κ1) is 29.1. The Balaban J connectivity index is 0.00000380. The number of ether oxygens (including phenoxy) is 3. The van der Waals surface area contributed by atoms with Gasteiger partial charge in [-0.1, -0.05) is 30.3 Å². The van der Waals surface area contributed by atoms with Crippen molar-refractivity contribution < 1.29 is 63.9 Å². The van der Waals surface area contributed by atoms with Gasteiger partial charge in [-0.2, -0.15) is 0 Å². The first-order valence-electron chi connectivity index (χ1n) is 12.1. The Hall–Kier alpha value is -2.46. The maximum atomic E-state index is 11.0. The molecule has 8 nitrogen and oxygen atoms in total. The second-order valence-electron chi connectivity index (χ2n) is 8.64. The molecule has 0 saturated carbocycles. The van der Waals surface area contributed by atoms with Gasteiger partial charge in [0.05, 0.1) is 12.7 Å². The Bertz CT molecular complexity index is 1150. The minimum Gasteiger partial charge on any atom is -0.550 e. The fourth-order valence-corrected chi connectivity index (χ4v) is 4.42. The summed E-state index contributed by atoms with van der Waals surface area (Å²) in [5, 5.41) is 29.4. The van der Waals surface area contributed by atoms with Crippen LogP contribution in [0.5, 0.6) is 11.6 Å². The third-order valence-corrected chi connectivity index (χ3v) is 6.15. The molecule has 0 bridgehead atoms. The number of benzene rings is 2. The van der Waals surface area contributed by atoms with Gasteiger partial charge < -0.3 is 34.3 Å². The van der Waals surface area contributed by atoms with Gasteiger partial charge in [0.2, 0.25) is 5.88 Å². The van der Waals surface area contributed by atoms with Crippen LogP contribution in [0.15, 0.2) is 60.8 Å². The fraction of sp³-hybridized carbons (Fsp3) is 0.357. The van der Waals surface area contributed by atoms with E-state index in [1.165, 1.54) is 5.56 Å². The van der Waals surface area contributed by atoms with Crippen LogP contribution in [0.25, 0.3) is 11.1 Å². The van der Waals surface area contributed by atoms with Crippen LogP contribution >= 0.6 is 0 Å². The van der Waals surface area contributed by atoms with E-state index in [2.05, 4.69) is 17.1 Å². The molecule has 0 aliphatic heterocycles. The largest absolute Gasteiger partial charge is 1.00 e. The number of aromatic nitrogens is 1. The summed E-state index contributed by atoms with van der Waals surface area (Å²) in [7, 11) is 0. The molecule has 0 fully saturated rings. The molecular formula is C28H30NNaO7. The Kier molecular flexibility index (Phi) is 10.9. The van der Waals surface area contributed by atoms with E-state index < -0.39 is 18.2 Å². The number of rotatable bonds is 12. The van der Waals surface area contributed by atoms with Crippen LogP contribution < -0.4 is 44.1 Å². The van der Waals surface area contributed by atoms with E-state index in [1.807, 2.05) is 43.3 Å². The first-order chi connectivity index (χ1) is 17.5. The number of hydrogen-bond acceptors (Lipinski definition) is 8. The van der Waals surface area contributed by atoms with Gasteiger partial charge in [0.25, 0.3) is 0 Å². The molecule has 0 amide bonds. The summed E-state index contributed by atoms with van der Waals surface area (Å²) in [6, 6.07) is 17.2. The van der Waals surface area contributed by atoms with Crippen molar-refractivity contribution in [2.24, 2.45) is 0 Å². The maximum Gasteiger partial charge on any atom is 1.00 e. The van der Waals surface area contributed by atoms with Crippen molar-refractivity contribution in [1.29, 1.82) is 0 Å². The molecule has 0 saturated heterocycles. The zero-order chi connectivity index (χ0) is 25.5. The van der Waals surface area contributed by atoms with Gasteiger partial charge in [-0.15, -0.1) is 0 Å². The standard InChI is InChI=1S/C28H31NO7.Na/c1-2-34-26(14-28(32)33)18-6-9-21(10-7-18)36-25-12-11-23-22(4-3-5-24(23)25)19-8-13-27(29-15-19)35-17-20(31)16-30;/h3-10,13,15,20,25-26,30-31H,2,11-12,14,16-17H2,1H3,(H,32,33);/q;+1/p-1/t20-,25-,26+;/m1./s1. The van der Waals surface area contributed by atoms with E-state index in [0.717, 1.165) is 35.1 Å². The SMILES string of the molecule is CCO[C@@H](CC(=O)[O-])c1ccc(O[C@@H]2CCc3c(-c4ccc(OC[C@H](O)CO)nc4)cccc32)cc1.[Na+]. The van der Waals surface area contributed by atoms with Crippen LogP contribution in [0, 0.1) is 0 Å². The monoisotopic (exact) mass is 515 g/mol. The molecule has 3 atom stereocenters. The molecule has 1 aliphatic rings. The van der Waals surface area contributed by atoms with Crippen molar-refractivity contribution in [2.45, 2.75) is 44.5 Å². The number of aliphatic carboxylic acids is 1. The van der Waals surface area contributed by atoms with E-state index >= 15 is 0 Å². The number of pyridine rings is 1. The number of carbonyl (C=O) groups excluding carboxylic acids is 1. The van der Waals surface area contributed by atoms with Crippen molar-refractivity contribution in [1.82, 2.24) is 4.98 Å². The number of nitrogens with zero attached hydrogens (tertiary/aromatic N) is 1. The van der Waals surface area contributed by atoms with Crippen LogP contribution in [-0.4, -0.2) is 47.1 Å². The third kappa shape index (κ3) is 7.54. The normalized spacial score (nSPS) is 15.8. The van der Waals surface area contributed by atoms with Crippen LogP contribution in [-0.2, 0) is 16.0 Å². The quantitative estimate of drug-likeness (QED) is 0.318. The Morgan fingerprint density at radius 2 is 1.95 bits per heavy atom. The molecule has 2 aromatic carbocycles. The Morgan fingerprint density at radius 3 is 2.59 bits per heavy atom. The van der Waals surface area contributed by atoms with Crippen LogP contribution in [0.1, 0.15) is 48.7 Å². The van der Waals surface area contributed by atoms with Gasteiger partial charge in [-0.05, 0) is 60.2 Å². The zero-order valence-electron chi connectivity index (χ0n) is 21.1. The van der Waals surface area contributed by atoms with E-state index in [-0.39, 0.29) is 55.3 Å². The zero-order valence-corrected chi connectivity index (χ0v) is 23.1. The average molecular weight is 516 g/mol. The second-order valence-corrected chi connectivity index (χ2v) is 8.64. The van der Waals surface area contributed by atoms with E-state index in [1.54, 1.807) is 12.3 Å². The van der Waals surface area contributed by atoms with Gasteiger partial charge in [0, 0.05) is 36.8 Å². The summed E-state index contributed by atoms with van der Waals surface area (Å²) in [4.78, 5) is 15.4. The van der Waals surface area contributed by atoms with Crippen molar-refractivity contribution in [3.63, 3.8) is 0 Å². The maximum absolute atomic E-state index is 11.0. The molecule has 0 radical (unpaired) electrons. The number of aliphatic hydroxyl groups excluding tert-OH is 2. The predicted octanol–water partition coefficient (Wildman–Crippen LogP) is -0.231. The van der Waals surface area contributed by atoms with E-state index in [9.17, 15) is 15.0 Å². The van der Waals surface area contributed by atoms with Crippen molar-refractivity contribution >= 4 is 5.97 Å². The molecule has 190 valence electrons. The number of hydrogen-bond donors (Lipinski definition) is 2. The predicted molar refractivity (Wildman–Crippen MR) is 130 cm³/mol. The van der Waals surface area contributed by atoms with E-state index in [0.29, 0.717) is 18.2 Å². The van der Waals surface area contributed by atoms with Crippen LogP contribution in [0.4, 0.5) is 0 Å². The van der Waals surface area contributed by atoms with Crippen molar-refractivity contribution in [3.05, 3.63) is 77.5 Å². The Labute approximate surface area is 238 Å². The molecule has 0 spiro atoms. The fourth-order valence-electron chi connectivity index (χ4n) is 4.42. The van der Waals surface area contributed by atoms with Crippen LogP contribution in [0.3, 0.4) is 0 Å². The third-order valence-electron chi connectivity index (χ3n) is 6.15. The van der Waals surface area contributed by atoms with Gasteiger partial charge >= 0.3 is 29.6 Å². The van der Waals surface area contributed by atoms with Gasteiger partial charge in [0.15, 0.2) is 0 Å². The number of fused-ring (bicyclic) bond motifs is 1. The summed E-state index contributed by atoms with van der Waals surface area (Å²) < 4.78 is 17.3. The van der Waals surface area contributed by atoms with Gasteiger partial charge in [-0.25, -0.2) is 4.98 Å².